The number of rotatable bonds is 4. The van der Waals surface area contributed by atoms with Gasteiger partial charge in [0.05, 0.1) is 11.2 Å². The van der Waals surface area contributed by atoms with Crippen molar-refractivity contribution in [2.45, 2.75) is 148 Å². The molecule has 0 atom stereocenters. The molecule has 15 rings (SSSR count). The highest BCUT2D eigenvalue weighted by Crippen LogP contribution is 2.60. The first-order chi connectivity index (χ1) is 37.0. The molecule has 4 aliphatic rings. The Morgan fingerprint density at radius 2 is 1.10 bits per heavy atom. The van der Waals surface area contributed by atoms with E-state index in [1.807, 2.05) is 22.7 Å². The van der Waals surface area contributed by atoms with Gasteiger partial charge < -0.3 is 9.88 Å². The van der Waals surface area contributed by atoms with Crippen LogP contribution in [0.5, 0.6) is 0 Å². The van der Waals surface area contributed by atoms with Gasteiger partial charge in [-0.05, 0) is 190 Å². The Morgan fingerprint density at radius 1 is 0.500 bits per heavy atom. The van der Waals surface area contributed by atoms with Gasteiger partial charge in [-0.15, -0.1) is 22.7 Å². The molecule has 2 nitrogen and oxygen atoms in total. The SMILES string of the molecule is CC(C)(C)c1ccc(Nc2cc3c(cc2-c2c4c(c5c6cc7c(cc6n6c5c2Bc2sc5ccc(-c8ccccc8)cc5c2-6)C(C)(C)CCC7(C)C)C(C)(C)c2ccccc2-4)sc2cc4c(cc23)C(C)(C)CCC4(C)C)cc1. The normalized spacial score (nSPS) is 18.0. The number of benzene rings is 8. The number of nitrogens with one attached hydrogen (secondary N) is 1. The van der Waals surface area contributed by atoms with Gasteiger partial charge in [0.15, 0.2) is 0 Å². The van der Waals surface area contributed by atoms with Crippen LogP contribution in [-0.4, -0.2) is 11.8 Å². The fourth-order valence-electron chi connectivity index (χ4n) is 15.3. The third kappa shape index (κ3) is 6.79. The number of anilines is 2. The molecular weight excluding hydrogens is 980 g/mol. The van der Waals surface area contributed by atoms with Gasteiger partial charge in [0, 0.05) is 68.9 Å². The quantitative estimate of drug-likeness (QED) is 0.174. The lowest BCUT2D eigenvalue weighted by molar-refractivity contribution is 0.332. The average Bonchev–Trinajstić information content (AvgIpc) is 3.54. The number of hydrogen-bond donors (Lipinski definition) is 1. The number of hydrogen-bond acceptors (Lipinski definition) is 3. The molecule has 1 N–H and O–H groups in total. The zero-order valence-electron chi connectivity index (χ0n) is 48.0. The summed E-state index contributed by atoms with van der Waals surface area (Å²) < 4.78 is 8.33. The lowest BCUT2D eigenvalue weighted by Crippen LogP contribution is -2.36. The molecule has 5 heteroatoms. The Kier molecular flexibility index (Phi) is 9.94. The van der Waals surface area contributed by atoms with Crippen LogP contribution in [-0.2, 0) is 32.5 Å². The number of nitrogens with zero attached hydrogens (tertiary/aromatic N) is 1. The highest BCUT2D eigenvalue weighted by molar-refractivity contribution is 7.29. The summed E-state index contributed by atoms with van der Waals surface area (Å²) in [7, 11) is 0.852. The fourth-order valence-corrected chi connectivity index (χ4v) is 17.6. The maximum absolute atomic E-state index is 4.20. The topological polar surface area (TPSA) is 17.0 Å². The van der Waals surface area contributed by atoms with Gasteiger partial charge in [0.2, 0.25) is 7.28 Å². The number of aromatic nitrogens is 1. The van der Waals surface area contributed by atoms with Crippen LogP contribution in [0.2, 0.25) is 0 Å². The summed E-state index contributed by atoms with van der Waals surface area (Å²) in [6.07, 6.45) is 4.75. The van der Waals surface area contributed by atoms with Crippen LogP contribution in [0.15, 0.2) is 133 Å². The minimum absolute atomic E-state index is 0.0476. The smallest absolute Gasteiger partial charge is 0.211 e. The van der Waals surface area contributed by atoms with E-state index in [-0.39, 0.29) is 32.5 Å². The van der Waals surface area contributed by atoms with Gasteiger partial charge in [0.25, 0.3) is 0 Å². The molecular formula is C73H71BN2S2. The lowest BCUT2D eigenvalue weighted by Gasteiger charge is -2.42. The molecule has 11 aromatic rings. The van der Waals surface area contributed by atoms with Crippen molar-refractivity contribution in [3.8, 4) is 39.1 Å². The Bertz CT molecular complexity index is 4430. The molecule has 0 radical (unpaired) electrons. The minimum atomic E-state index is -0.281. The largest absolute Gasteiger partial charge is 0.355 e. The van der Waals surface area contributed by atoms with Crippen LogP contribution in [0, 0.1) is 0 Å². The Hall–Kier alpha value is -6.40. The standard InChI is InChI=1S/C73H71BN2S2/c1-68(2,3)42-24-26-43(27-25-42)75-55-36-46-45-34-51-54(72(10,11)32-30-69(51,4)5)39-59(45)77-58(46)37-47(55)61-60-44-21-17-18-22-50(44)73(12,13)63(60)62-48-35-52-53(71(8,9)31-29-70(52,6)7)38-56(48)76-65-49-33-41(40-19-15-14-16-20-40)23-28-57(49)78-67(65)74-64(61)66(62)76/h14-28,33-39,74-75H,29-32H2,1-13H3. The van der Waals surface area contributed by atoms with E-state index < -0.39 is 0 Å². The van der Waals surface area contributed by atoms with E-state index in [0.29, 0.717) is 0 Å². The van der Waals surface area contributed by atoms with E-state index in [9.17, 15) is 0 Å². The molecule has 8 aromatic carbocycles. The van der Waals surface area contributed by atoms with Crippen molar-refractivity contribution in [1.29, 1.82) is 0 Å². The van der Waals surface area contributed by atoms with Crippen LogP contribution in [0.25, 0.3) is 91.1 Å². The third-order valence-electron chi connectivity index (χ3n) is 20.1. The maximum Gasteiger partial charge on any atom is 0.211 e. The van der Waals surface area contributed by atoms with Gasteiger partial charge in [-0.25, -0.2) is 0 Å². The highest BCUT2D eigenvalue weighted by Gasteiger charge is 2.45. The summed E-state index contributed by atoms with van der Waals surface area (Å²) in [6.45, 7) is 31.8. The van der Waals surface area contributed by atoms with E-state index in [1.54, 1.807) is 0 Å². The highest BCUT2D eigenvalue weighted by atomic mass is 32.1. The average molecular weight is 1050 g/mol. The number of thiophene rings is 2. The van der Waals surface area contributed by atoms with Gasteiger partial charge in [-0.3, -0.25) is 0 Å². The second-order valence-electron chi connectivity index (χ2n) is 28.3. The van der Waals surface area contributed by atoms with Crippen LogP contribution in [0.3, 0.4) is 0 Å². The third-order valence-corrected chi connectivity index (χ3v) is 22.3. The molecule has 4 heterocycles. The molecule has 0 amide bonds. The summed E-state index contributed by atoms with van der Waals surface area (Å²) >= 11 is 4.00. The second kappa shape index (κ2) is 15.9. The minimum Gasteiger partial charge on any atom is -0.355 e. The van der Waals surface area contributed by atoms with Gasteiger partial charge in [0.1, 0.15) is 0 Å². The summed E-state index contributed by atoms with van der Waals surface area (Å²) in [5.74, 6) is 0. The van der Waals surface area contributed by atoms with E-state index in [4.69, 9.17) is 0 Å². The molecule has 78 heavy (non-hydrogen) atoms. The molecule has 3 aliphatic carbocycles. The lowest BCUT2D eigenvalue weighted by atomic mass is 9.61. The van der Waals surface area contributed by atoms with Gasteiger partial charge in [-0.2, -0.15) is 0 Å². The van der Waals surface area contributed by atoms with Gasteiger partial charge in [-0.1, -0.05) is 163 Å². The van der Waals surface area contributed by atoms with Crippen LogP contribution < -0.4 is 15.6 Å². The van der Waals surface area contributed by atoms with Crippen molar-refractivity contribution >= 4 is 104 Å². The zero-order valence-corrected chi connectivity index (χ0v) is 49.6. The monoisotopic (exact) mass is 1050 g/mol. The molecule has 0 spiro atoms. The molecule has 3 aromatic heterocycles. The van der Waals surface area contributed by atoms with E-state index in [0.717, 1.165) is 13.0 Å². The molecule has 0 saturated heterocycles. The van der Waals surface area contributed by atoms with Crippen molar-refractivity contribution in [1.82, 2.24) is 4.57 Å². The van der Waals surface area contributed by atoms with Crippen molar-refractivity contribution in [3.63, 3.8) is 0 Å². The number of fused-ring (bicyclic) bond motifs is 16. The van der Waals surface area contributed by atoms with Gasteiger partial charge >= 0.3 is 0 Å². The Balaban J connectivity index is 1.11. The molecule has 0 saturated carbocycles. The molecule has 0 bridgehead atoms. The molecule has 388 valence electrons. The van der Waals surface area contributed by atoms with Crippen LogP contribution >= 0.6 is 22.7 Å². The summed E-state index contributed by atoms with van der Waals surface area (Å²) in [5, 5.41) is 11.1. The second-order valence-corrected chi connectivity index (χ2v) is 30.5. The Morgan fingerprint density at radius 3 is 1.78 bits per heavy atom. The molecule has 0 fully saturated rings. The van der Waals surface area contributed by atoms with Crippen molar-refractivity contribution < 1.29 is 0 Å². The van der Waals surface area contributed by atoms with Crippen molar-refractivity contribution in [3.05, 3.63) is 172 Å². The first kappa shape index (κ1) is 48.7. The zero-order chi connectivity index (χ0) is 54.0. The Labute approximate surface area is 470 Å². The van der Waals surface area contributed by atoms with Crippen molar-refractivity contribution in [2.75, 3.05) is 5.32 Å². The maximum atomic E-state index is 4.20. The predicted octanol–water partition coefficient (Wildman–Crippen LogP) is 19.4. The molecule has 1 aliphatic heterocycles. The predicted molar refractivity (Wildman–Crippen MR) is 343 cm³/mol. The van der Waals surface area contributed by atoms with E-state index in [2.05, 4.69) is 233 Å². The summed E-state index contributed by atoms with van der Waals surface area (Å²) in [6, 6.07) is 52.7. The summed E-state index contributed by atoms with van der Waals surface area (Å²) in [5.41, 5.74) is 26.2. The van der Waals surface area contributed by atoms with Crippen molar-refractivity contribution in [2.24, 2.45) is 0 Å². The molecule has 0 unspecified atom stereocenters. The van der Waals surface area contributed by atoms with E-state index >= 15 is 0 Å². The van der Waals surface area contributed by atoms with Crippen LogP contribution in [0.4, 0.5) is 11.4 Å². The first-order valence-electron chi connectivity index (χ1n) is 28.9. The van der Waals surface area contributed by atoms with Crippen LogP contribution in [0.1, 0.15) is 155 Å². The summed E-state index contributed by atoms with van der Waals surface area (Å²) in [4.78, 5) is 0. The fraction of sp³-hybridized carbons (Fsp3) is 0.315. The van der Waals surface area contributed by atoms with E-state index in [1.165, 1.54) is 172 Å². The first-order valence-corrected chi connectivity index (χ1v) is 30.5.